The Morgan fingerprint density at radius 3 is 2.37 bits per heavy atom. The predicted molar refractivity (Wildman–Crippen MR) is 79.9 cm³/mol. The van der Waals surface area contributed by atoms with Gasteiger partial charge in [0.15, 0.2) is 0 Å². The summed E-state index contributed by atoms with van der Waals surface area (Å²) in [6.07, 6.45) is 1.92. The monoisotopic (exact) mass is 265 g/mol. The van der Waals surface area contributed by atoms with E-state index in [1.54, 1.807) is 7.11 Å². The van der Waals surface area contributed by atoms with Crippen molar-refractivity contribution < 1.29 is 9.47 Å². The van der Waals surface area contributed by atoms with E-state index in [4.69, 9.17) is 9.47 Å². The number of hydrogen-bond donors (Lipinski definition) is 1. The zero-order valence-electron chi connectivity index (χ0n) is 12.7. The van der Waals surface area contributed by atoms with Crippen LogP contribution in [0.1, 0.15) is 32.8 Å². The summed E-state index contributed by atoms with van der Waals surface area (Å²) in [7, 11) is 1.73. The number of nitrogens with one attached hydrogen (secondary N) is 1. The van der Waals surface area contributed by atoms with E-state index in [9.17, 15) is 0 Å². The van der Waals surface area contributed by atoms with Crippen LogP contribution in [0.3, 0.4) is 0 Å². The molecule has 3 heteroatoms. The number of likely N-dealkylation sites (N-methyl/N-ethyl adjacent to an activating group) is 1. The van der Waals surface area contributed by atoms with Crippen LogP contribution in [0, 0.1) is 0 Å². The summed E-state index contributed by atoms with van der Waals surface area (Å²) in [4.78, 5) is 0. The Kier molecular flexibility index (Phi) is 6.89. The normalized spacial score (nSPS) is 14.1. The van der Waals surface area contributed by atoms with Gasteiger partial charge < -0.3 is 14.8 Å². The van der Waals surface area contributed by atoms with Gasteiger partial charge >= 0.3 is 0 Å². The maximum atomic E-state index is 6.12. The van der Waals surface area contributed by atoms with Crippen LogP contribution in [0.5, 0.6) is 5.75 Å². The summed E-state index contributed by atoms with van der Waals surface area (Å²) < 4.78 is 11.2. The van der Waals surface area contributed by atoms with Gasteiger partial charge in [-0.2, -0.15) is 0 Å². The van der Waals surface area contributed by atoms with E-state index in [0.29, 0.717) is 0 Å². The zero-order chi connectivity index (χ0) is 14.1. The highest BCUT2D eigenvalue weighted by Crippen LogP contribution is 2.21. The molecule has 19 heavy (non-hydrogen) atoms. The first kappa shape index (κ1) is 16.0. The van der Waals surface area contributed by atoms with Gasteiger partial charge in [-0.1, -0.05) is 26.0 Å². The van der Waals surface area contributed by atoms with E-state index in [1.807, 2.05) is 12.1 Å². The third-order valence-electron chi connectivity index (χ3n) is 3.38. The zero-order valence-corrected chi connectivity index (χ0v) is 12.7. The van der Waals surface area contributed by atoms with Crippen molar-refractivity contribution in [3.8, 4) is 5.75 Å². The van der Waals surface area contributed by atoms with Crippen molar-refractivity contribution in [1.29, 1.82) is 0 Å². The number of benzene rings is 1. The first-order chi connectivity index (χ1) is 9.13. The van der Waals surface area contributed by atoms with Gasteiger partial charge in [0.1, 0.15) is 11.4 Å². The van der Waals surface area contributed by atoms with Crippen molar-refractivity contribution in [2.24, 2.45) is 0 Å². The molecule has 1 N–H and O–H groups in total. The molecular weight excluding hydrogens is 238 g/mol. The lowest BCUT2D eigenvalue weighted by Crippen LogP contribution is -2.42. The Bertz CT molecular complexity index is 350. The van der Waals surface area contributed by atoms with E-state index < -0.39 is 0 Å². The average Bonchev–Trinajstić information content (AvgIpc) is 2.44. The molecule has 0 heterocycles. The summed E-state index contributed by atoms with van der Waals surface area (Å²) in [5, 5.41) is 3.36. The Hall–Kier alpha value is -1.06. The fourth-order valence-electron chi connectivity index (χ4n) is 1.85. The van der Waals surface area contributed by atoms with Crippen LogP contribution in [-0.2, 0) is 11.2 Å². The van der Waals surface area contributed by atoms with Crippen LogP contribution in [0.4, 0.5) is 0 Å². The number of methoxy groups -OCH3 is 1. The van der Waals surface area contributed by atoms with Gasteiger partial charge in [0.25, 0.3) is 0 Å². The van der Waals surface area contributed by atoms with Crippen molar-refractivity contribution in [2.75, 3.05) is 26.8 Å². The molecule has 0 saturated carbocycles. The van der Waals surface area contributed by atoms with Gasteiger partial charge in [0.2, 0.25) is 0 Å². The van der Waals surface area contributed by atoms with Gasteiger partial charge in [-0.05, 0) is 44.0 Å². The standard InChI is InChI=1S/C16H27NO2/c1-5-16(3,13-17-6-2)19-15-9-7-14(8-10-15)11-12-18-4/h7-10,17H,5-6,11-13H2,1-4H3. The van der Waals surface area contributed by atoms with E-state index in [-0.39, 0.29) is 5.60 Å². The summed E-state index contributed by atoms with van der Waals surface area (Å²) in [5.74, 6) is 0.934. The molecule has 0 aliphatic heterocycles. The Balaban J connectivity index is 2.59. The molecule has 1 rings (SSSR count). The van der Waals surface area contributed by atoms with Crippen molar-refractivity contribution in [2.45, 2.75) is 39.2 Å². The molecule has 0 radical (unpaired) electrons. The Morgan fingerprint density at radius 2 is 1.84 bits per heavy atom. The van der Waals surface area contributed by atoms with E-state index >= 15 is 0 Å². The number of rotatable bonds is 9. The molecule has 0 aliphatic rings. The molecule has 0 amide bonds. The predicted octanol–water partition coefficient (Wildman–Crippen LogP) is 3.03. The topological polar surface area (TPSA) is 30.5 Å². The molecule has 0 aliphatic carbocycles. The number of ether oxygens (including phenoxy) is 2. The lowest BCUT2D eigenvalue weighted by atomic mass is 10.0. The molecule has 108 valence electrons. The second kappa shape index (κ2) is 8.18. The minimum Gasteiger partial charge on any atom is -0.486 e. The summed E-state index contributed by atoms with van der Waals surface area (Å²) in [5.41, 5.74) is 1.13. The van der Waals surface area contributed by atoms with Crippen molar-refractivity contribution >= 4 is 0 Å². The third-order valence-corrected chi connectivity index (χ3v) is 3.38. The molecule has 1 unspecified atom stereocenters. The second-order valence-corrected chi connectivity index (χ2v) is 5.07. The van der Waals surface area contributed by atoms with Gasteiger partial charge in [-0.25, -0.2) is 0 Å². The summed E-state index contributed by atoms with van der Waals surface area (Å²) in [6.45, 7) is 9.01. The smallest absolute Gasteiger partial charge is 0.120 e. The fourth-order valence-corrected chi connectivity index (χ4v) is 1.85. The van der Waals surface area contributed by atoms with Gasteiger partial charge in [-0.3, -0.25) is 0 Å². The van der Waals surface area contributed by atoms with E-state index in [2.05, 4.69) is 38.2 Å². The maximum absolute atomic E-state index is 6.12. The molecule has 0 bridgehead atoms. The molecule has 1 aromatic rings. The quantitative estimate of drug-likeness (QED) is 0.744. The van der Waals surface area contributed by atoms with E-state index in [0.717, 1.165) is 38.3 Å². The second-order valence-electron chi connectivity index (χ2n) is 5.07. The molecule has 1 atom stereocenters. The van der Waals surface area contributed by atoms with Crippen molar-refractivity contribution in [3.05, 3.63) is 29.8 Å². The molecule has 0 spiro atoms. The molecular formula is C16H27NO2. The highest BCUT2D eigenvalue weighted by molar-refractivity contribution is 5.28. The van der Waals surface area contributed by atoms with E-state index in [1.165, 1.54) is 5.56 Å². The minimum atomic E-state index is -0.149. The largest absolute Gasteiger partial charge is 0.486 e. The molecule has 1 aromatic carbocycles. The minimum absolute atomic E-state index is 0.149. The maximum Gasteiger partial charge on any atom is 0.120 e. The Morgan fingerprint density at radius 1 is 1.16 bits per heavy atom. The highest BCUT2D eigenvalue weighted by atomic mass is 16.5. The lowest BCUT2D eigenvalue weighted by Gasteiger charge is -2.30. The average molecular weight is 265 g/mol. The third kappa shape index (κ3) is 5.62. The number of hydrogen-bond acceptors (Lipinski definition) is 3. The van der Waals surface area contributed by atoms with Gasteiger partial charge in [0, 0.05) is 13.7 Å². The van der Waals surface area contributed by atoms with Crippen molar-refractivity contribution in [1.82, 2.24) is 5.32 Å². The van der Waals surface area contributed by atoms with Crippen molar-refractivity contribution in [3.63, 3.8) is 0 Å². The van der Waals surface area contributed by atoms with Gasteiger partial charge in [0.05, 0.1) is 6.61 Å². The van der Waals surface area contributed by atoms with Crippen LogP contribution >= 0.6 is 0 Å². The van der Waals surface area contributed by atoms with Gasteiger partial charge in [-0.15, -0.1) is 0 Å². The summed E-state index contributed by atoms with van der Waals surface area (Å²) >= 11 is 0. The first-order valence-corrected chi connectivity index (χ1v) is 7.11. The Labute approximate surface area is 117 Å². The van der Waals surface area contributed by atoms with Crippen LogP contribution in [0.2, 0.25) is 0 Å². The first-order valence-electron chi connectivity index (χ1n) is 7.11. The molecule has 0 aromatic heterocycles. The molecule has 3 nitrogen and oxygen atoms in total. The van der Waals surface area contributed by atoms with Crippen LogP contribution in [0.15, 0.2) is 24.3 Å². The molecule has 0 fully saturated rings. The SMILES string of the molecule is CCNCC(C)(CC)Oc1ccc(CCOC)cc1. The highest BCUT2D eigenvalue weighted by Gasteiger charge is 2.23. The summed E-state index contributed by atoms with van der Waals surface area (Å²) in [6, 6.07) is 8.31. The molecule has 0 saturated heterocycles. The van der Waals surface area contributed by atoms with Crippen LogP contribution in [0.25, 0.3) is 0 Å². The van der Waals surface area contributed by atoms with Crippen LogP contribution < -0.4 is 10.1 Å². The van der Waals surface area contributed by atoms with Crippen LogP contribution in [-0.4, -0.2) is 32.4 Å². The fraction of sp³-hybridized carbons (Fsp3) is 0.625. The lowest BCUT2D eigenvalue weighted by molar-refractivity contribution is 0.0841.